The van der Waals surface area contributed by atoms with Crippen molar-refractivity contribution in [2.24, 2.45) is 0 Å². The van der Waals surface area contributed by atoms with Crippen LogP contribution in [0.15, 0.2) is 0 Å². The quantitative estimate of drug-likeness (QED) is 0.0831. The van der Waals surface area contributed by atoms with Crippen LogP contribution in [-0.2, 0) is 66.3 Å². The first-order valence-corrected chi connectivity index (χ1v) is 25.3. The van der Waals surface area contributed by atoms with Crippen LogP contribution in [0.2, 0.25) is 0 Å². The number of hydrogen-bond acceptors (Lipinski definition) is 36. The molecule has 0 aliphatic carbocycles. The Labute approximate surface area is 456 Å². The van der Waals surface area contributed by atoms with E-state index in [4.69, 9.17) is 72.9 Å². The molecule has 14 unspecified atom stereocenters. The van der Waals surface area contributed by atoms with Gasteiger partial charge in [0.05, 0.1) is 39.1 Å². The summed E-state index contributed by atoms with van der Waals surface area (Å²) >= 11 is 0. The number of nitriles is 1. The molecule has 14 bridgehead atoms. The zero-order valence-corrected chi connectivity index (χ0v) is 41.9. The van der Waals surface area contributed by atoms with Crippen LogP contribution in [-0.4, -0.2) is 368 Å². The second kappa shape index (κ2) is 27.1. The van der Waals surface area contributed by atoms with E-state index in [1.165, 1.54) is 6.07 Å². The van der Waals surface area contributed by atoms with E-state index in [9.17, 15) is 112 Å². The molecular formula is C44H68N2O35. The third kappa shape index (κ3) is 12.6. The van der Waals surface area contributed by atoms with Crippen LogP contribution in [0, 0.1) is 17.9 Å². The van der Waals surface area contributed by atoms with Crippen molar-refractivity contribution in [3.05, 3.63) is 11.4 Å². The van der Waals surface area contributed by atoms with Gasteiger partial charge in [-0.25, -0.2) is 6.57 Å². The van der Waals surface area contributed by atoms with Gasteiger partial charge in [-0.3, -0.25) is 4.85 Å². The zero-order valence-electron chi connectivity index (χ0n) is 41.9. The molecule has 21 fully saturated rings. The maximum Gasteiger partial charge on any atom is 0.354 e. The third-order valence-corrected chi connectivity index (χ3v) is 15.2. The summed E-state index contributed by atoms with van der Waals surface area (Å²) in [4.78, 5) is 2.94. The van der Waals surface area contributed by atoms with E-state index >= 15 is 0 Å². The summed E-state index contributed by atoms with van der Waals surface area (Å²) in [5, 5.41) is 242. The molecule has 81 heavy (non-hydrogen) atoms. The monoisotopic (exact) mass is 1180 g/mol. The van der Waals surface area contributed by atoms with Crippen LogP contribution >= 0.6 is 0 Å². The Morgan fingerprint density at radius 1 is 0.309 bits per heavy atom. The Balaban J connectivity index is 1.11. The summed E-state index contributed by atoms with van der Waals surface area (Å²) < 4.78 is 79.3. The van der Waals surface area contributed by atoms with Gasteiger partial charge in [-0.15, -0.1) is 0 Å². The highest BCUT2D eigenvalue weighted by atomic mass is 16.8. The summed E-state index contributed by atoms with van der Waals surface area (Å²) in [7, 11) is 0. The topological polar surface area (TPSA) is 582 Å². The minimum absolute atomic E-state index is 1.09. The van der Waals surface area contributed by atoms with Gasteiger partial charge in [-0.2, -0.15) is 5.26 Å². The maximum atomic E-state index is 11.4. The second-order valence-corrected chi connectivity index (χ2v) is 20.3. The highest BCUT2D eigenvalue weighted by molar-refractivity contribution is 5.05. The number of aliphatic hydroxyl groups is 21. The average Bonchev–Trinajstić information content (AvgIpc) is 3.49. The molecule has 21 rings (SSSR count). The zero-order chi connectivity index (χ0) is 59.2. The molecule has 21 saturated heterocycles. The van der Waals surface area contributed by atoms with Crippen LogP contribution < -0.4 is 0 Å². The Morgan fingerprint density at radius 2 is 0.506 bits per heavy atom. The molecule has 21 N–H and O–H groups in total. The number of hydrogen-bond donors (Lipinski definition) is 21. The Hall–Kier alpha value is -2.42. The van der Waals surface area contributed by atoms with Gasteiger partial charge in [-0.1, -0.05) is 0 Å². The minimum Gasteiger partial charge on any atom is -0.394 e. The Morgan fingerprint density at radius 3 is 0.728 bits per heavy atom. The van der Waals surface area contributed by atoms with Gasteiger partial charge in [0.1, 0.15) is 165 Å². The minimum atomic E-state index is -2.35. The van der Waals surface area contributed by atoms with Gasteiger partial charge in [0.2, 0.25) is 0 Å². The van der Waals surface area contributed by atoms with E-state index in [-0.39, 0.29) is 0 Å². The molecule has 21 heterocycles. The fourth-order valence-corrected chi connectivity index (χ4v) is 10.7. The SMILES string of the molecule is [C-]#[N+][C@@H](O)[C@H]1O[C@@H]2O[C@H]3C(O)C(O)[C@H](O[C@@H]3CO)O[C@H]3C(O)C(O)[C@H](O[C@@H]3CO)O[C@H]3C(O)C(O)[C@H](O[C@@H]3[C@H](O)C#N)O[C@H]3C(O)C(O)[C@H](O[C@@H]3CO)O[C@H]3C(O)C(O)[C@H](O[C@@H]3CO)O[C@H]3C(O)C(O)[C@H](O[C@@H]3CO)O[C@H]1C(O)C2O. The van der Waals surface area contributed by atoms with Crippen molar-refractivity contribution in [3.8, 4) is 6.07 Å². The van der Waals surface area contributed by atoms with Crippen LogP contribution in [0.3, 0.4) is 0 Å². The van der Waals surface area contributed by atoms with Crippen LogP contribution in [0.5, 0.6) is 0 Å². The van der Waals surface area contributed by atoms with Gasteiger partial charge in [-0.05, 0) is 0 Å². The lowest BCUT2D eigenvalue weighted by atomic mass is 9.93. The molecule has 0 amide bonds. The van der Waals surface area contributed by atoms with Crippen molar-refractivity contribution in [2.45, 2.75) is 227 Å². The van der Waals surface area contributed by atoms with E-state index in [2.05, 4.69) is 4.85 Å². The highest BCUT2D eigenvalue weighted by Gasteiger charge is 2.61. The van der Waals surface area contributed by atoms with Crippen molar-refractivity contribution in [2.75, 3.05) is 33.0 Å². The molecular weight excluding hydrogens is 1120 g/mol. The molecule has 37 nitrogen and oxygen atoms in total. The van der Waals surface area contributed by atoms with Crippen molar-refractivity contribution in [3.63, 3.8) is 0 Å². The predicted octanol–water partition coefficient (Wildman–Crippen LogP) is -15.1. The Bertz CT molecular complexity index is 2070. The average molecular weight is 1190 g/mol. The van der Waals surface area contributed by atoms with Crippen LogP contribution in [0.1, 0.15) is 0 Å². The smallest absolute Gasteiger partial charge is 0.354 e. The molecule has 37 atom stereocenters. The van der Waals surface area contributed by atoms with Gasteiger partial charge in [0, 0.05) is 0 Å². The summed E-state index contributed by atoms with van der Waals surface area (Å²) in [6.07, 6.45) is -79.4. The lowest BCUT2D eigenvalue weighted by Crippen LogP contribution is -2.69. The summed E-state index contributed by atoms with van der Waals surface area (Å²) in [5.41, 5.74) is 0. The van der Waals surface area contributed by atoms with Crippen molar-refractivity contribution >= 4 is 0 Å². The van der Waals surface area contributed by atoms with E-state index < -0.39 is 260 Å². The fraction of sp³-hybridized carbons (Fsp3) is 0.955. The molecule has 464 valence electrons. The van der Waals surface area contributed by atoms with Crippen molar-refractivity contribution in [1.82, 2.24) is 0 Å². The molecule has 0 spiro atoms. The van der Waals surface area contributed by atoms with Gasteiger partial charge >= 0.3 is 6.23 Å². The number of nitrogens with zero attached hydrogens (tertiary/aromatic N) is 2. The van der Waals surface area contributed by atoms with Crippen molar-refractivity contribution in [1.29, 1.82) is 5.26 Å². The molecule has 0 saturated carbocycles. The summed E-state index contributed by atoms with van der Waals surface area (Å²) in [5.74, 6) is 0. The number of ether oxygens (including phenoxy) is 14. The first-order valence-electron chi connectivity index (χ1n) is 25.3. The third-order valence-electron chi connectivity index (χ3n) is 15.2. The van der Waals surface area contributed by atoms with E-state index in [1.54, 1.807) is 0 Å². The van der Waals surface area contributed by atoms with Crippen LogP contribution in [0.25, 0.3) is 4.85 Å². The standard InChI is InChI=1S/C44H68N2O35/c1-46-37(67)36-35-20(59)27(66)44(81-36)78-33-13(7-51)70-40(23(62)16(33)55)75-30-10(4-48)71-41(24(63)17(30)56)79-34-19(58)26(65)43(73-28(34)8(52)2-45)77-32-12(6-50)69-39(22(61)15(32)54)74-29-9(3-47)68-38(21(60)14(29)53)76-31-11(5-49)72-42(80-35)25(64)18(31)57/h8-44,47-67H,3-7H2/t8-,9-,10-,11-,12-,13-,14?,15?,16?,17?,18?,19?,20?,21?,22?,23?,24?,25?,26?,27?,28-,29-,30-,31-,32-,33-,34+,35+,36+,37+,38-,39-,40-,41-,42-,43-,44+/m1/s1. The highest BCUT2D eigenvalue weighted by Crippen LogP contribution is 2.39. The van der Waals surface area contributed by atoms with E-state index in [0.29, 0.717) is 0 Å². The lowest BCUT2D eigenvalue weighted by molar-refractivity contribution is -0.398. The molecule has 0 aromatic rings. The summed E-state index contributed by atoms with van der Waals surface area (Å²) in [6.45, 7) is 1.92. The second-order valence-electron chi connectivity index (χ2n) is 20.3. The van der Waals surface area contributed by atoms with E-state index in [0.717, 1.165) is 0 Å². The van der Waals surface area contributed by atoms with E-state index in [1.807, 2.05) is 0 Å². The maximum absolute atomic E-state index is 11.4. The fourth-order valence-electron chi connectivity index (χ4n) is 10.7. The molecule has 0 aromatic heterocycles. The summed E-state index contributed by atoms with van der Waals surface area (Å²) in [6, 6.07) is 1.41. The molecule has 0 radical (unpaired) electrons. The normalized spacial score (nSPS) is 53.8. The van der Waals surface area contributed by atoms with Crippen LogP contribution in [0.4, 0.5) is 0 Å². The molecule has 21 aliphatic rings. The first kappa shape index (κ1) is 64.6. The predicted molar refractivity (Wildman–Crippen MR) is 238 cm³/mol. The van der Waals surface area contributed by atoms with Gasteiger partial charge < -0.3 is 174 Å². The lowest BCUT2D eigenvalue weighted by Gasteiger charge is -2.50. The van der Waals surface area contributed by atoms with Gasteiger partial charge in [0.15, 0.2) is 56.2 Å². The molecule has 21 aliphatic heterocycles. The van der Waals surface area contributed by atoms with Crippen molar-refractivity contribution < 1.29 is 174 Å². The molecule has 37 heteroatoms. The largest absolute Gasteiger partial charge is 0.394 e. The number of aliphatic hydroxyl groups excluding tert-OH is 21. The first-order chi connectivity index (χ1) is 38.5. The Kier molecular flexibility index (Phi) is 21.6. The molecule has 0 aromatic carbocycles. The number of rotatable bonds is 7. The van der Waals surface area contributed by atoms with Gasteiger partial charge in [0.25, 0.3) is 0 Å².